The summed E-state index contributed by atoms with van der Waals surface area (Å²) in [6.45, 7) is 3.55. The molecule has 16 heavy (non-hydrogen) atoms. The molecule has 0 aromatic heterocycles. The maximum atomic E-state index is 5.89. The lowest BCUT2D eigenvalue weighted by molar-refractivity contribution is 0.694. The van der Waals surface area contributed by atoms with Gasteiger partial charge in [-0.3, -0.25) is 0 Å². The summed E-state index contributed by atoms with van der Waals surface area (Å²) in [4.78, 5) is 2.48. The van der Waals surface area contributed by atoms with Gasteiger partial charge in [-0.05, 0) is 38.8 Å². The molecule has 0 bridgehead atoms. The van der Waals surface area contributed by atoms with Crippen LogP contribution in [0.5, 0.6) is 0 Å². The molecule has 0 N–H and O–H groups in total. The van der Waals surface area contributed by atoms with Crippen LogP contribution in [-0.2, 0) is 0 Å². The molecule has 1 fully saturated rings. The van der Waals surface area contributed by atoms with Crippen molar-refractivity contribution in [2.24, 2.45) is 0 Å². The van der Waals surface area contributed by atoms with Crippen LogP contribution in [0, 0.1) is 0 Å². The van der Waals surface area contributed by atoms with Crippen LogP contribution in [0.4, 0.5) is 5.69 Å². The lowest BCUT2D eigenvalue weighted by Crippen LogP contribution is -2.32. The molecule has 0 saturated carbocycles. The zero-order valence-electron chi connectivity index (χ0n) is 9.53. The molecule has 88 valence electrons. The van der Waals surface area contributed by atoms with Crippen molar-refractivity contribution in [2.75, 3.05) is 4.90 Å². The van der Waals surface area contributed by atoms with Gasteiger partial charge in [0.15, 0.2) is 0 Å². The van der Waals surface area contributed by atoms with Crippen molar-refractivity contribution in [1.82, 2.24) is 0 Å². The highest BCUT2D eigenvalue weighted by molar-refractivity contribution is 8.08. The Morgan fingerprint density at radius 3 is 2.00 bits per heavy atom. The molecule has 0 radical (unpaired) electrons. The Hall–Kier alpha value is 0.0300. The fourth-order valence-electron chi connectivity index (χ4n) is 2.44. The van der Waals surface area contributed by atoms with Gasteiger partial charge >= 0.3 is 0 Å². The van der Waals surface area contributed by atoms with Crippen molar-refractivity contribution >= 4 is 40.1 Å². The third-order valence-electron chi connectivity index (χ3n) is 3.29. The SMILES string of the molecule is CC1CCC(C)N1c1ccc(P(Cl)Cl)cc1. The molecule has 1 aliphatic heterocycles. The number of hydrogen-bond donors (Lipinski definition) is 0. The Kier molecular flexibility index (Phi) is 4.00. The molecule has 1 aromatic rings. The largest absolute Gasteiger partial charge is 0.366 e. The van der Waals surface area contributed by atoms with Crippen molar-refractivity contribution in [2.45, 2.75) is 38.8 Å². The van der Waals surface area contributed by atoms with Crippen LogP contribution in [0.1, 0.15) is 26.7 Å². The average Bonchev–Trinajstić information content (AvgIpc) is 2.59. The summed E-state index contributed by atoms with van der Waals surface area (Å²) < 4.78 is 0. The molecule has 1 aromatic carbocycles. The average molecular weight is 276 g/mol. The predicted octanol–water partition coefficient (Wildman–Crippen LogP) is 4.48. The van der Waals surface area contributed by atoms with Gasteiger partial charge in [-0.2, -0.15) is 0 Å². The predicted molar refractivity (Wildman–Crippen MR) is 75.3 cm³/mol. The van der Waals surface area contributed by atoms with Crippen LogP contribution in [0.2, 0.25) is 0 Å². The lowest BCUT2D eigenvalue weighted by atomic mass is 10.2. The first-order chi connectivity index (χ1) is 7.59. The highest BCUT2D eigenvalue weighted by Crippen LogP contribution is 2.45. The Morgan fingerprint density at radius 1 is 1.06 bits per heavy atom. The normalized spacial score (nSPS) is 25.4. The van der Waals surface area contributed by atoms with Crippen LogP contribution in [0.3, 0.4) is 0 Å². The second kappa shape index (κ2) is 5.12. The van der Waals surface area contributed by atoms with Crippen LogP contribution >= 0.6 is 29.1 Å². The molecule has 1 saturated heterocycles. The number of anilines is 1. The number of nitrogens with zero attached hydrogens (tertiary/aromatic N) is 1. The Morgan fingerprint density at radius 2 is 1.56 bits per heavy atom. The van der Waals surface area contributed by atoms with Crippen LogP contribution in [-0.4, -0.2) is 12.1 Å². The monoisotopic (exact) mass is 275 g/mol. The zero-order valence-corrected chi connectivity index (χ0v) is 11.9. The molecule has 2 atom stereocenters. The van der Waals surface area contributed by atoms with Gasteiger partial charge in [-0.1, -0.05) is 34.6 Å². The van der Waals surface area contributed by atoms with Crippen molar-refractivity contribution in [3.63, 3.8) is 0 Å². The van der Waals surface area contributed by atoms with E-state index in [1.54, 1.807) is 0 Å². The second-order valence-corrected chi connectivity index (χ2v) is 7.96. The number of hydrogen-bond acceptors (Lipinski definition) is 1. The van der Waals surface area contributed by atoms with Gasteiger partial charge in [0, 0.05) is 23.1 Å². The van der Waals surface area contributed by atoms with E-state index in [4.69, 9.17) is 22.5 Å². The molecule has 2 rings (SSSR count). The smallest absolute Gasteiger partial charge is 0.116 e. The minimum Gasteiger partial charge on any atom is -0.366 e. The summed E-state index contributed by atoms with van der Waals surface area (Å²) in [7, 11) is 0. The molecule has 0 spiro atoms. The van der Waals surface area contributed by atoms with E-state index >= 15 is 0 Å². The number of benzene rings is 1. The Balaban J connectivity index is 2.21. The van der Waals surface area contributed by atoms with Crippen molar-refractivity contribution in [1.29, 1.82) is 0 Å². The minimum absolute atomic E-state index is 0.634. The third-order valence-corrected chi connectivity index (χ3v) is 5.15. The maximum absolute atomic E-state index is 5.89. The first-order valence-corrected chi connectivity index (χ1v) is 8.75. The van der Waals surface area contributed by atoms with Gasteiger partial charge in [-0.15, -0.1) is 0 Å². The summed E-state index contributed by atoms with van der Waals surface area (Å²) in [6, 6.07) is 9.61. The van der Waals surface area contributed by atoms with Gasteiger partial charge in [0.2, 0.25) is 0 Å². The molecule has 1 nitrogen and oxygen atoms in total. The summed E-state index contributed by atoms with van der Waals surface area (Å²) in [6.07, 6.45) is 2.56. The fraction of sp³-hybridized carbons (Fsp3) is 0.500. The first-order valence-electron chi connectivity index (χ1n) is 5.59. The molecule has 4 heteroatoms. The first kappa shape index (κ1) is 12.5. The highest BCUT2D eigenvalue weighted by atomic mass is 35.9. The van der Waals surface area contributed by atoms with Crippen molar-refractivity contribution in [3.05, 3.63) is 24.3 Å². The molecular formula is C12H16Cl2NP. The van der Waals surface area contributed by atoms with Gasteiger partial charge in [0.25, 0.3) is 0 Å². The number of rotatable bonds is 2. The van der Waals surface area contributed by atoms with Crippen LogP contribution in [0.25, 0.3) is 0 Å². The van der Waals surface area contributed by atoms with E-state index in [9.17, 15) is 0 Å². The molecule has 1 heterocycles. The molecule has 0 aliphatic carbocycles. The summed E-state index contributed by atoms with van der Waals surface area (Å²) >= 11 is 11.8. The van der Waals surface area contributed by atoms with Crippen molar-refractivity contribution in [3.8, 4) is 0 Å². The van der Waals surface area contributed by atoms with Gasteiger partial charge in [-0.25, -0.2) is 0 Å². The van der Waals surface area contributed by atoms with E-state index in [0.29, 0.717) is 12.1 Å². The van der Waals surface area contributed by atoms with Gasteiger partial charge in [0.1, 0.15) is 6.63 Å². The van der Waals surface area contributed by atoms with E-state index in [-0.39, 0.29) is 0 Å². The van der Waals surface area contributed by atoms with Crippen LogP contribution < -0.4 is 10.2 Å². The van der Waals surface area contributed by atoms with E-state index < -0.39 is 6.63 Å². The van der Waals surface area contributed by atoms with E-state index in [0.717, 1.165) is 5.30 Å². The third kappa shape index (κ3) is 2.47. The molecule has 2 unspecified atom stereocenters. The zero-order chi connectivity index (χ0) is 11.7. The molecule has 0 amide bonds. The topological polar surface area (TPSA) is 3.24 Å². The summed E-state index contributed by atoms with van der Waals surface area (Å²) in [5, 5.41) is 1.03. The van der Waals surface area contributed by atoms with E-state index in [2.05, 4.69) is 30.9 Å². The standard InChI is InChI=1S/C12H16Cl2NP/c1-9-3-4-10(2)15(9)11-5-7-12(8-6-11)16(13)14/h5-10H,3-4H2,1-2H3. The summed E-state index contributed by atoms with van der Waals surface area (Å²) in [5.74, 6) is 0. The fourth-order valence-corrected chi connectivity index (χ4v) is 3.49. The molecular weight excluding hydrogens is 260 g/mol. The Labute approximate surface area is 108 Å². The lowest BCUT2D eigenvalue weighted by Gasteiger charge is -2.28. The quantitative estimate of drug-likeness (QED) is 0.720. The molecule has 1 aliphatic rings. The van der Waals surface area contributed by atoms with E-state index in [1.807, 2.05) is 12.1 Å². The van der Waals surface area contributed by atoms with Gasteiger partial charge < -0.3 is 4.90 Å². The summed E-state index contributed by atoms with van der Waals surface area (Å²) in [5.41, 5.74) is 1.28. The van der Waals surface area contributed by atoms with Crippen LogP contribution in [0.15, 0.2) is 24.3 Å². The number of halogens is 2. The minimum atomic E-state index is -1.02. The highest BCUT2D eigenvalue weighted by Gasteiger charge is 2.27. The van der Waals surface area contributed by atoms with Crippen molar-refractivity contribution < 1.29 is 0 Å². The Bertz CT molecular complexity index is 343. The second-order valence-electron chi connectivity index (χ2n) is 4.43. The van der Waals surface area contributed by atoms with E-state index in [1.165, 1.54) is 18.5 Å². The maximum Gasteiger partial charge on any atom is 0.116 e. The van der Waals surface area contributed by atoms with Gasteiger partial charge in [0.05, 0.1) is 0 Å².